The van der Waals surface area contributed by atoms with Crippen LogP contribution in [0.3, 0.4) is 0 Å². The van der Waals surface area contributed by atoms with Gasteiger partial charge < -0.3 is 9.47 Å². The summed E-state index contributed by atoms with van der Waals surface area (Å²) in [5, 5.41) is 2.55. The van der Waals surface area contributed by atoms with Crippen LogP contribution in [0.25, 0.3) is 76.3 Å². The minimum absolute atomic E-state index is 0.122. The van der Waals surface area contributed by atoms with Crippen LogP contribution in [0.15, 0.2) is 158 Å². The summed E-state index contributed by atoms with van der Waals surface area (Å²) in [6, 6.07) is 55.2. The smallest absolute Gasteiger partial charge is 0.170 e. The summed E-state index contributed by atoms with van der Waals surface area (Å²) in [4.78, 5) is 10.5. The second-order valence-electron chi connectivity index (χ2n) is 14.6. The van der Waals surface area contributed by atoms with E-state index in [4.69, 9.17) is 19.4 Å². The van der Waals surface area contributed by atoms with Crippen LogP contribution in [-0.4, -0.2) is 9.97 Å². The molecule has 0 atom stereocenters. The first-order valence-electron chi connectivity index (χ1n) is 18.2. The van der Waals surface area contributed by atoms with Crippen molar-refractivity contribution < 1.29 is 9.47 Å². The Labute approximate surface area is 317 Å². The molecule has 0 N–H and O–H groups in total. The van der Waals surface area contributed by atoms with Gasteiger partial charge >= 0.3 is 0 Å². The highest BCUT2D eigenvalue weighted by atomic mass is 32.1. The van der Waals surface area contributed by atoms with E-state index in [-0.39, 0.29) is 5.41 Å². The van der Waals surface area contributed by atoms with Gasteiger partial charge in [0.05, 0.1) is 11.4 Å². The molecule has 0 unspecified atom stereocenters. The van der Waals surface area contributed by atoms with Crippen molar-refractivity contribution in [2.24, 2.45) is 0 Å². The van der Waals surface area contributed by atoms with Crippen molar-refractivity contribution in [1.29, 1.82) is 0 Å². The zero-order chi connectivity index (χ0) is 36.0. The van der Waals surface area contributed by atoms with E-state index in [1.165, 1.54) is 42.4 Å². The molecule has 2 aliphatic rings. The van der Waals surface area contributed by atoms with Gasteiger partial charge in [0.25, 0.3) is 0 Å². The highest BCUT2D eigenvalue weighted by Crippen LogP contribution is 2.55. The Kier molecular flexibility index (Phi) is 6.73. The molecular formula is C49H32N2O2S. The maximum absolute atomic E-state index is 6.65. The van der Waals surface area contributed by atoms with Crippen molar-refractivity contribution in [3.63, 3.8) is 0 Å². The summed E-state index contributed by atoms with van der Waals surface area (Å²) < 4.78 is 15.7. The first-order chi connectivity index (χ1) is 26.5. The van der Waals surface area contributed by atoms with E-state index in [9.17, 15) is 0 Å². The van der Waals surface area contributed by atoms with Crippen LogP contribution < -0.4 is 9.47 Å². The molecular weight excluding hydrogens is 681 g/mol. The number of hydrogen-bond acceptors (Lipinski definition) is 5. The Bertz CT molecular complexity index is 2980. The summed E-state index contributed by atoms with van der Waals surface area (Å²) in [6.07, 6.45) is 0. The van der Waals surface area contributed by atoms with E-state index >= 15 is 0 Å². The molecule has 4 nitrogen and oxygen atoms in total. The van der Waals surface area contributed by atoms with Crippen LogP contribution in [-0.2, 0) is 5.41 Å². The fourth-order valence-corrected chi connectivity index (χ4v) is 9.38. The topological polar surface area (TPSA) is 44.2 Å². The molecule has 2 aromatic heterocycles. The van der Waals surface area contributed by atoms with Gasteiger partial charge in [-0.25, -0.2) is 9.97 Å². The molecule has 0 spiro atoms. The maximum atomic E-state index is 6.65. The zero-order valence-electron chi connectivity index (χ0n) is 29.6. The summed E-state index contributed by atoms with van der Waals surface area (Å²) >= 11 is 1.82. The van der Waals surface area contributed by atoms with Gasteiger partial charge in [0.1, 0.15) is 0 Å². The molecule has 9 aromatic rings. The fourth-order valence-electron chi connectivity index (χ4n) is 8.23. The van der Waals surface area contributed by atoms with Crippen molar-refractivity contribution in [3.05, 3.63) is 169 Å². The second kappa shape index (κ2) is 11.7. The first kappa shape index (κ1) is 31.0. The fraction of sp³-hybridized carbons (Fsp3) is 0.0612. The lowest BCUT2D eigenvalue weighted by molar-refractivity contribution is 0.359. The summed E-state index contributed by atoms with van der Waals surface area (Å²) in [6.45, 7) is 4.55. The number of aromatic nitrogens is 2. The molecule has 5 heteroatoms. The zero-order valence-corrected chi connectivity index (χ0v) is 30.4. The highest BCUT2D eigenvalue weighted by molar-refractivity contribution is 7.25. The number of thiophene rings is 1. The molecule has 3 heterocycles. The number of nitrogens with zero attached hydrogens (tertiary/aromatic N) is 2. The molecule has 0 saturated heterocycles. The highest BCUT2D eigenvalue weighted by Gasteiger charge is 2.37. The van der Waals surface area contributed by atoms with Gasteiger partial charge in [0, 0.05) is 42.3 Å². The predicted molar refractivity (Wildman–Crippen MR) is 221 cm³/mol. The van der Waals surface area contributed by atoms with Crippen LogP contribution in [0.1, 0.15) is 25.0 Å². The Morgan fingerprint density at radius 3 is 1.94 bits per heavy atom. The molecule has 54 heavy (non-hydrogen) atoms. The number of hydrogen-bond donors (Lipinski definition) is 0. The minimum Gasteiger partial charge on any atom is -0.450 e. The van der Waals surface area contributed by atoms with Gasteiger partial charge in [0.15, 0.2) is 28.8 Å². The van der Waals surface area contributed by atoms with Crippen molar-refractivity contribution in [2.75, 3.05) is 0 Å². The minimum atomic E-state index is -0.122. The van der Waals surface area contributed by atoms with Crippen LogP contribution in [0.4, 0.5) is 0 Å². The normalized spacial score (nSPS) is 13.4. The first-order valence-corrected chi connectivity index (χ1v) is 19.0. The van der Waals surface area contributed by atoms with Gasteiger partial charge in [0.2, 0.25) is 0 Å². The molecule has 11 rings (SSSR count). The van der Waals surface area contributed by atoms with Gasteiger partial charge in [-0.2, -0.15) is 0 Å². The van der Waals surface area contributed by atoms with E-state index < -0.39 is 0 Å². The number of rotatable bonds is 4. The van der Waals surface area contributed by atoms with E-state index in [0.29, 0.717) is 17.3 Å². The molecule has 0 saturated carbocycles. The lowest BCUT2D eigenvalue weighted by Gasteiger charge is -2.25. The van der Waals surface area contributed by atoms with Gasteiger partial charge in [-0.3, -0.25) is 0 Å². The van der Waals surface area contributed by atoms with Crippen molar-refractivity contribution >= 4 is 31.5 Å². The molecule has 0 radical (unpaired) electrons. The van der Waals surface area contributed by atoms with Crippen molar-refractivity contribution in [3.8, 4) is 79.2 Å². The molecule has 1 aliphatic heterocycles. The summed E-state index contributed by atoms with van der Waals surface area (Å²) in [7, 11) is 0. The predicted octanol–water partition coefficient (Wildman–Crippen LogP) is 13.7. The molecule has 1 aliphatic carbocycles. The Balaban J connectivity index is 1.01. The van der Waals surface area contributed by atoms with Crippen molar-refractivity contribution in [1.82, 2.24) is 9.97 Å². The van der Waals surface area contributed by atoms with Crippen LogP contribution in [0, 0.1) is 0 Å². The third kappa shape index (κ3) is 4.82. The van der Waals surface area contributed by atoms with Gasteiger partial charge in [-0.1, -0.05) is 129 Å². The van der Waals surface area contributed by atoms with Crippen LogP contribution >= 0.6 is 11.3 Å². The Morgan fingerprint density at radius 1 is 0.426 bits per heavy atom. The monoisotopic (exact) mass is 712 g/mol. The van der Waals surface area contributed by atoms with Crippen LogP contribution in [0.2, 0.25) is 0 Å². The standard InChI is InChI=1S/C49H32N2O2S/c1-49(2)38-18-10-8-15-33(38)37-26-44-45(27-39(37)49)52-42-23-21-30(24-43(42)53-44)32-14-6-7-17-36(32)48-50-40(29-12-4-3-5-13-29)28-41(51-48)31-20-22-35-34-16-9-11-19-46(34)54-47(35)25-31/h3-28H,1-2H3. The van der Waals surface area contributed by atoms with Gasteiger partial charge in [-0.15, -0.1) is 11.3 Å². The summed E-state index contributed by atoms with van der Waals surface area (Å²) in [5.74, 6) is 3.49. The quantitative estimate of drug-likeness (QED) is 0.182. The van der Waals surface area contributed by atoms with E-state index in [1.807, 2.05) is 23.5 Å². The third-order valence-corrected chi connectivity index (χ3v) is 12.1. The second-order valence-corrected chi connectivity index (χ2v) is 15.6. The molecule has 256 valence electrons. The summed E-state index contributed by atoms with van der Waals surface area (Å²) in [5.41, 5.74) is 11.7. The van der Waals surface area contributed by atoms with Crippen LogP contribution in [0.5, 0.6) is 23.0 Å². The largest absolute Gasteiger partial charge is 0.450 e. The molecule has 0 bridgehead atoms. The lowest BCUT2D eigenvalue weighted by Crippen LogP contribution is -2.15. The Hall–Kier alpha value is -6.56. The third-order valence-electron chi connectivity index (χ3n) is 11.0. The molecule has 0 amide bonds. The number of benzene rings is 7. The number of ether oxygens (including phenoxy) is 2. The van der Waals surface area contributed by atoms with E-state index in [0.717, 1.165) is 50.7 Å². The lowest BCUT2D eigenvalue weighted by atomic mass is 9.82. The molecule has 0 fully saturated rings. The SMILES string of the molecule is CC1(C)c2ccccc2-c2cc3c(cc21)Oc1ccc(-c2ccccc2-c2nc(-c4ccccc4)cc(-c4ccc5c(c4)sc4ccccc45)n2)cc1O3. The van der Waals surface area contributed by atoms with E-state index in [2.05, 4.69) is 159 Å². The average Bonchev–Trinajstić information content (AvgIpc) is 3.70. The maximum Gasteiger partial charge on any atom is 0.170 e. The van der Waals surface area contributed by atoms with Crippen molar-refractivity contribution in [2.45, 2.75) is 19.3 Å². The van der Waals surface area contributed by atoms with E-state index in [1.54, 1.807) is 0 Å². The Morgan fingerprint density at radius 2 is 1.07 bits per heavy atom. The molecule has 7 aromatic carbocycles. The number of fused-ring (bicyclic) bond motifs is 8. The van der Waals surface area contributed by atoms with Gasteiger partial charge in [-0.05, 0) is 75.8 Å². The average molecular weight is 713 g/mol.